The van der Waals surface area contributed by atoms with Crippen LogP contribution in [0.5, 0.6) is 0 Å². The second-order valence-corrected chi connectivity index (χ2v) is 8.74. The first-order valence-corrected chi connectivity index (χ1v) is 7.09. The SMILES string of the molecule is CC(C)(O)CC1(C)C2(C)CCC(C)(C2)C1(C)C. The molecule has 1 N–H and O–H groups in total. The quantitative estimate of drug-likeness (QED) is 0.756. The lowest BCUT2D eigenvalue weighted by molar-refractivity contribution is -0.107. The standard InChI is InChI=1S/C16H30O/c1-12(2,17)10-16(7)13(3,4)14(5)8-9-15(16,6)11-14/h17H,8-11H2,1-7H3. The molecule has 2 aliphatic carbocycles. The van der Waals surface area contributed by atoms with Gasteiger partial charge in [0.2, 0.25) is 0 Å². The average Bonchev–Trinajstić information content (AvgIpc) is 2.45. The highest BCUT2D eigenvalue weighted by Crippen LogP contribution is 2.79. The highest BCUT2D eigenvalue weighted by molar-refractivity contribution is 5.20. The smallest absolute Gasteiger partial charge is 0.0597 e. The van der Waals surface area contributed by atoms with E-state index in [1.165, 1.54) is 19.3 Å². The summed E-state index contributed by atoms with van der Waals surface area (Å²) < 4.78 is 0. The Morgan fingerprint density at radius 1 is 0.941 bits per heavy atom. The fourth-order valence-corrected chi connectivity index (χ4v) is 5.31. The molecule has 0 amide bonds. The van der Waals surface area contributed by atoms with Gasteiger partial charge < -0.3 is 5.11 Å². The molecule has 0 aromatic rings. The molecule has 2 bridgehead atoms. The van der Waals surface area contributed by atoms with Crippen LogP contribution in [0.3, 0.4) is 0 Å². The summed E-state index contributed by atoms with van der Waals surface area (Å²) in [5.74, 6) is 0. The maximum absolute atomic E-state index is 10.3. The molecular formula is C16H30O. The van der Waals surface area contributed by atoms with Gasteiger partial charge in [0, 0.05) is 0 Å². The molecule has 3 unspecified atom stereocenters. The van der Waals surface area contributed by atoms with Crippen molar-refractivity contribution in [2.45, 2.75) is 79.8 Å². The van der Waals surface area contributed by atoms with E-state index in [4.69, 9.17) is 0 Å². The first kappa shape index (κ1) is 13.4. The van der Waals surface area contributed by atoms with Gasteiger partial charge in [0.15, 0.2) is 0 Å². The Kier molecular flexibility index (Phi) is 2.44. The maximum atomic E-state index is 10.3. The van der Waals surface area contributed by atoms with Crippen molar-refractivity contribution in [2.75, 3.05) is 0 Å². The molecule has 0 saturated heterocycles. The van der Waals surface area contributed by atoms with Crippen LogP contribution in [-0.4, -0.2) is 10.7 Å². The molecule has 0 radical (unpaired) electrons. The van der Waals surface area contributed by atoms with Crippen LogP contribution in [0.15, 0.2) is 0 Å². The van der Waals surface area contributed by atoms with E-state index in [1.807, 2.05) is 13.8 Å². The first-order chi connectivity index (χ1) is 7.37. The van der Waals surface area contributed by atoms with Gasteiger partial charge in [-0.2, -0.15) is 0 Å². The fourth-order valence-electron chi connectivity index (χ4n) is 5.31. The number of hydrogen-bond donors (Lipinski definition) is 1. The second-order valence-electron chi connectivity index (χ2n) is 8.74. The summed E-state index contributed by atoms with van der Waals surface area (Å²) in [4.78, 5) is 0. The minimum absolute atomic E-state index is 0.241. The largest absolute Gasteiger partial charge is 0.390 e. The van der Waals surface area contributed by atoms with Crippen LogP contribution in [0.25, 0.3) is 0 Å². The van der Waals surface area contributed by atoms with Gasteiger partial charge in [0.05, 0.1) is 5.60 Å². The lowest BCUT2D eigenvalue weighted by atomic mass is 9.48. The van der Waals surface area contributed by atoms with Crippen LogP contribution in [0.4, 0.5) is 0 Å². The molecular weight excluding hydrogens is 208 g/mol. The zero-order valence-corrected chi connectivity index (χ0v) is 12.8. The third-order valence-electron chi connectivity index (χ3n) is 7.02. The van der Waals surface area contributed by atoms with Crippen molar-refractivity contribution in [3.05, 3.63) is 0 Å². The van der Waals surface area contributed by atoms with Crippen molar-refractivity contribution in [3.8, 4) is 0 Å². The van der Waals surface area contributed by atoms with Gasteiger partial charge in [-0.15, -0.1) is 0 Å². The summed E-state index contributed by atoms with van der Waals surface area (Å²) in [5, 5.41) is 10.3. The highest BCUT2D eigenvalue weighted by atomic mass is 16.3. The van der Waals surface area contributed by atoms with Crippen molar-refractivity contribution < 1.29 is 5.11 Å². The highest BCUT2D eigenvalue weighted by Gasteiger charge is 2.71. The molecule has 1 heteroatoms. The average molecular weight is 238 g/mol. The van der Waals surface area contributed by atoms with Crippen LogP contribution < -0.4 is 0 Å². The molecule has 2 aliphatic rings. The lowest BCUT2D eigenvalue weighted by Crippen LogP contribution is -2.51. The Hall–Kier alpha value is -0.0400. The van der Waals surface area contributed by atoms with E-state index in [9.17, 15) is 5.11 Å². The van der Waals surface area contributed by atoms with E-state index < -0.39 is 5.60 Å². The Bertz CT molecular complexity index is 338. The molecule has 0 aliphatic heterocycles. The van der Waals surface area contributed by atoms with Gasteiger partial charge in [0.25, 0.3) is 0 Å². The van der Waals surface area contributed by atoms with E-state index in [1.54, 1.807) is 0 Å². The van der Waals surface area contributed by atoms with Crippen molar-refractivity contribution in [3.63, 3.8) is 0 Å². The Balaban J connectivity index is 2.46. The van der Waals surface area contributed by atoms with Crippen LogP contribution >= 0.6 is 0 Å². The fraction of sp³-hybridized carbons (Fsp3) is 1.00. The second kappa shape index (κ2) is 3.10. The normalized spacial score (nSPS) is 48.7. The van der Waals surface area contributed by atoms with E-state index in [0.717, 1.165) is 6.42 Å². The zero-order chi connectivity index (χ0) is 13.3. The Morgan fingerprint density at radius 3 is 1.76 bits per heavy atom. The van der Waals surface area contributed by atoms with E-state index in [0.29, 0.717) is 16.2 Å². The summed E-state index contributed by atoms with van der Waals surface area (Å²) in [6, 6.07) is 0. The summed E-state index contributed by atoms with van der Waals surface area (Å²) >= 11 is 0. The van der Waals surface area contributed by atoms with Crippen molar-refractivity contribution in [2.24, 2.45) is 21.7 Å². The molecule has 2 rings (SSSR count). The lowest BCUT2D eigenvalue weighted by Gasteiger charge is -2.57. The topological polar surface area (TPSA) is 20.2 Å². The summed E-state index contributed by atoms with van der Waals surface area (Å²) in [6.45, 7) is 16.1. The molecule has 3 atom stereocenters. The predicted octanol–water partition coefficient (Wildman–Crippen LogP) is 4.39. The van der Waals surface area contributed by atoms with Crippen LogP contribution in [0.1, 0.15) is 74.1 Å². The van der Waals surface area contributed by atoms with Crippen LogP contribution in [0, 0.1) is 21.7 Å². The predicted molar refractivity (Wildman–Crippen MR) is 72.9 cm³/mol. The molecule has 17 heavy (non-hydrogen) atoms. The molecule has 0 heterocycles. The summed E-state index contributed by atoms with van der Waals surface area (Å²) in [6.07, 6.45) is 4.94. The number of aliphatic hydroxyl groups is 1. The van der Waals surface area contributed by atoms with Crippen molar-refractivity contribution in [1.29, 1.82) is 0 Å². The minimum atomic E-state index is -0.560. The first-order valence-electron chi connectivity index (χ1n) is 7.09. The molecule has 2 saturated carbocycles. The van der Waals surface area contributed by atoms with E-state index in [2.05, 4.69) is 34.6 Å². The van der Waals surface area contributed by atoms with E-state index >= 15 is 0 Å². The van der Waals surface area contributed by atoms with Gasteiger partial charge in [-0.25, -0.2) is 0 Å². The van der Waals surface area contributed by atoms with Crippen molar-refractivity contribution >= 4 is 0 Å². The summed E-state index contributed by atoms with van der Waals surface area (Å²) in [5.41, 5.74) is 0.862. The molecule has 1 nitrogen and oxygen atoms in total. The Labute approximate surface area is 107 Å². The Morgan fingerprint density at radius 2 is 1.41 bits per heavy atom. The molecule has 0 aromatic carbocycles. The molecule has 0 aromatic heterocycles. The third kappa shape index (κ3) is 1.47. The van der Waals surface area contributed by atoms with Crippen molar-refractivity contribution in [1.82, 2.24) is 0 Å². The number of fused-ring (bicyclic) bond motifs is 2. The monoisotopic (exact) mass is 238 g/mol. The minimum Gasteiger partial charge on any atom is -0.390 e. The van der Waals surface area contributed by atoms with Gasteiger partial charge >= 0.3 is 0 Å². The molecule has 0 spiro atoms. The van der Waals surface area contributed by atoms with Gasteiger partial charge in [-0.1, -0.05) is 34.6 Å². The van der Waals surface area contributed by atoms with Crippen LogP contribution in [0.2, 0.25) is 0 Å². The third-order valence-corrected chi connectivity index (χ3v) is 7.02. The number of rotatable bonds is 2. The van der Waals surface area contributed by atoms with Crippen LogP contribution in [-0.2, 0) is 0 Å². The number of hydrogen-bond acceptors (Lipinski definition) is 1. The van der Waals surface area contributed by atoms with E-state index in [-0.39, 0.29) is 5.41 Å². The van der Waals surface area contributed by atoms with Gasteiger partial charge in [0.1, 0.15) is 0 Å². The zero-order valence-electron chi connectivity index (χ0n) is 12.8. The maximum Gasteiger partial charge on any atom is 0.0597 e. The molecule has 100 valence electrons. The summed E-state index contributed by atoms with van der Waals surface area (Å²) in [7, 11) is 0. The van der Waals surface area contributed by atoms with Gasteiger partial charge in [-0.3, -0.25) is 0 Å². The van der Waals surface area contributed by atoms with Gasteiger partial charge in [-0.05, 0) is 61.2 Å². The molecule has 2 fully saturated rings.